The van der Waals surface area contributed by atoms with Crippen LogP contribution in [0.25, 0.3) is 10.9 Å². The number of benzene rings is 2. The minimum absolute atomic E-state index is 0.0837. The smallest absolute Gasteiger partial charge is 0.331 e. The van der Waals surface area contributed by atoms with Crippen LogP contribution < -0.4 is 22.0 Å². The highest BCUT2D eigenvalue weighted by atomic mass is 35.5. The summed E-state index contributed by atoms with van der Waals surface area (Å²) >= 11 is 6.04. The first kappa shape index (κ1) is 21.5. The van der Waals surface area contributed by atoms with Gasteiger partial charge >= 0.3 is 5.69 Å². The van der Waals surface area contributed by atoms with E-state index < -0.39 is 11.2 Å². The summed E-state index contributed by atoms with van der Waals surface area (Å²) in [6.45, 7) is 0.418. The molecule has 0 atom stereocenters. The Morgan fingerprint density at radius 2 is 1.94 bits per heavy atom. The number of fused-ring (bicyclic) bond motifs is 1. The molecule has 164 valence electrons. The Morgan fingerprint density at radius 1 is 1.12 bits per heavy atom. The number of amides is 1. The van der Waals surface area contributed by atoms with Gasteiger partial charge in [0.2, 0.25) is 0 Å². The maximum Gasteiger partial charge on any atom is 0.331 e. The summed E-state index contributed by atoms with van der Waals surface area (Å²) < 4.78 is 2.55. The van der Waals surface area contributed by atoms with Crippen molar-refractivity contribution < 1.29 is 4.79 Å². The molecule has 2 N–H and O–H groups in total. The highest BCUT2D eigenvalue weighted by Gasteiger charge is 2.15. The van der Waals surface area contributed by atoms with Crippen LogP contribution in [-0.2, 0) is 13.6 Å². The molecule has 32 heavy (non-hydrogen) atoms. The van der Waals surface area contributed by atoms with Crippen molar-refractivity contribution in [3.05, 3.63) is 104 Å². The van der Waals surface area contributed by atoms with E-state index in [1.54, 1.807) is 54.7 Å². The summed E-state index contributed by atoms with van der Waals surface area (Å²) in [6.07, 6.45) is 5.53. The number of nitrogens with one attached hydrogen (secondary N) is 2. The highest BCUT2D eigenvalue weighted by molar-refractivity contribution is 6.30. The second-order valence-corrected chi connectivity index (χ2v) is 7.99. The lowest BCUT2D eigenvalue weighted by Crippen LogP contribution is -2.39. The van der Waals surface area contributed by atoms with Crippen molar-refractivity contribution in [2.45, 2.75) is 6.54 Å². The minimum Gasteiger partial charge on any atom is -0.348 e. The van der Waals surface area contributed by atoms with Gasteiger partial charge in [-0.15, -0.1) is 0 Å². The molecule has 0 fully saturated rings. The van der Waals surface area contributed by atoms with Gasteiger partial charge in [0.15, 0.2) is 0 Å². The van der Waals surface area contributed by atoms with E-state index in [0.29, 0.717) is 28.0 Å². The van der Waals surface area contributed by atoms with Crippen LogP contribution in [0.1, 0.15) is 15.9 Å². The third kappa shape index (κ3) is 4.31. The predicted octanol–water partition coefficient (Wildman–Crippen LogP) is 1.98. The Morgan fingerprint density at radius 3 is 2.66 bits per heavy atom. The normalized spacial score (nSPS) is 13.1. The van der Waals surface area contributed by atoms with Crippen LogP contribution in [0.2, 0.25) is 5.02 Å². The number of halogens is 1. The summed E-state index contributed by atoms with van der Waals surface area (Å²) in [7, 11) is 3.47. The number of hydrogen-bond donors (Lipinski definition) is 2. The van der Waals surface area contributed by atoms with E-state index in [1.807, 2.05) is 19.3 Å². The van der Waals surface area contributed by atoms with Gasteiger partial charge in [0, 0.05) is 43.6 Å². The number of hydrazine groups is 1. The number of rotatable bonds is 5. The van der Waals surface area contributed by atoms with E-state index in [9.17, 15) is 14.4 Å². The van der Waals surface area contributed by atoms with E-state index >= 15 is 0 Å². The zero-order valence-electron chi connectivity index (χ0n) is 17.6. The SMILES string of the molecule is CN1C=CC(CNC(=O)c2ccc3c(c2)c(=O)n(Cc2cccc(Cl)c2)c(=O)n3C)=CN1. The molecule has 4 rings (SSSR count). The topological polar surface area (TPSA) is 88.4 Å². The molecule has 3 aromatic rings. The second kappa shape index (κ2) is 8.76. The Hall–Kier alpha value is -3.78. The predicted molar refractivity (Wildman–Crippen MR) is 124 cm³/mol. The third-order valence-electron chi connectivity index (χ3n) is 5.26. The zero-order valence-corrected chi connectivity index (χ0v) is 18.4. The average molecular weight is 452 g/mol. The Bertz CT molecular complexity index is 1390. The van der Waals surface area contributed by atoms with Crippen molar-refractivity contribution in [1.82, 2.24) is 24.9 Å². The van der Waals surface area contributed by atoms with Gasteiger partial charge in [-0.1, -0.05) is 23.7 Å². The van der Waals surface area contributed by atoms with Crippen LogP contribution >= 0.6 is 11.6 Å². The van der Waals surface area contributed by atoms with E-state index in [4.69, 9.17) is 11.6 Å². The molecule has 2 heterocycles. The fourth-order valence-electron chi connectivity index (χ4n) is 3.49. The molecule has 1 aliphatic heterocycles. The van der Waals surface area contributed by atoms with Crippen LogP contribution in [0, 0.1) is 0 Å². The molecule has 1 aliphatic rings. The number of carbonyl (C=O) groups is 1. The molecular formula is C23H22ClN5O3. The molecule has 9 heteroatoms. The first-order chi connectivity index (χ1) is 15.3. The van der Waals surface area contributed by atoms with Crippen LogP contribution in [0.15, 0.2) is 76.1 Å². The zero-order chi connectivity index (χ0) is 22.8. The van der Waals surface area contributed by atoms with E-state index in [1.165, 1.54) is 10.6 Å². The molecular weight excluding hydrogens is 430 g/mol. The van der Waals surface area contributed by atoms with Gasteiger partial charge in [-0.25, -0.2) is 4.79 Å². The maximum absolute atomic E-state index is 13.2. The van der Waals surface area contributed by atoms with Crippen molar-refractivity contribution in [2.75, 3.05) is 13.6 Å². The fraction of sp³-hybridized carbons (Fsp3) is 0.174. The first-order valence-electron chi connectivity index (χ1n) is 9.96. The molecule has 1 amide bonds. The van der Waals surface area contributed by atoms with Gasteiger partial charge < -0.3 is 10.7 Å². The standard InChI is InChI=1S/C23H22ClN5O3/c1-27-9-8-16(13-26-27)12-25-21(30)17-6-7-20-19(11-17)22(31)29(23(32)28(20)2)14-15-4-3-5-18(24)10-15/h3-11,13,26H,12,14H2,1-2H3,(H,25,30). The molecule has 0 saturated carbocycles. The largest absolute Gasteiger partial charge is 0.348 e. The summed E-state index contributed by atoms with van der Waals surface area (Å²) in [5.41, 5.74) is 4.57. The van der Waals surface area contributed by atoms with Gasteiger partial charge in [-0.3, -0.25) is 23.7 Å². The average Bonchev–Trinajstić information content (AvgIpc) is 2.79. The van der Waals surface area contributed by atoms with Gasteiger partial charge in [0.25, 0.3) is 11.5 Å². The summed E-state index contributed by atoms with van der Waals surface area (Å²) in [4.78, 5) is 38.6. The molecule has 0 aliphatic carbocycles. The lowest BCUT2D eigenvalue weighted by molar-refractivity contribution is 0.0957. The summed E-state index contributed by atoms with van der Waals surface area (Å²) in [5.74, 6) is -0.310. The minimum atomic E-state index is -0.456. The van der Waals surface area contributed by atoms with Crippen molar-refractivity contribution in [3.63, 3.8) is 0 Å². The monoisotopic (exact) mass is 451 g/mol. The van der Waals surface area contributed by atoms with Gasteiger partial charge in [-0.2, -0.15) is 0 Å². The summed E-state index contributed by atoms with van der Waals surface area (Å²) in [5, 5.41) is 5.45. The molecule has 0 unspecified atom stereocenters. The summed E-state index contributed by atoms with van der Waals surface area (Å²) in [6, 6.07) is 11.8. The quantitative estimate of drug-likeness (QED) is 0.619. The van der Waals surface area contributed by atoms with Crippen molar-refractivity contribution in [2.24, 2.45) is 7.05 Å². The third-order valence-corrected chi connectivity index (χ3v) is 5.50. The molecule has 0 spiro atoms. The van der Waals surface area contributed by atoms with Crippen LogP contribution in [0.4, 0.5) is 0 Å². The Balaban J connectivity index is 1.65. The van der Waals surface area contributed by atoms with Gasteiger partial charge in [0.05, 0.1) is 17.4 Å². The van der Waals surface area contributed by atoms with Gasteiger partial charge in [0.1, 0.15) is 0 Å². The number of nitrogens with zero attached hydrogens (tertiary/aromatic N) is 3. The van der Waals surface area contributed by atoms with E-state index in [0.717, 1.165) is 15.7 Å². The highest BCUT2D eigenvalue weighted by Crippen LogP contribution is 2.14. The lowest BCUT2D eigenvalue weighted by atomic mass is 10.1. The maximum atomic E-state index is 13.2. The van der Waals surface area contributed by atoms with Crippen LogP contribution in [0.5, 0.6) is 0 Å². The molecule has 0 radical (unpaired) electrons. The van der Waals surface area contributed by atoms with Crippen molar-refractivity contribution in [3.8, 4) is 0 Å². The van der Waals surface area contributed by atoms with E-state index in [-0.39, 0.29) is 12.5 Å². The Labute approximate surface area is 189 Å². The van der Waals surface area contributed by atoms with Crippen LogP contribution in [-0.4, -0.2) is 33.6 Å². The first-order valence-corrected chi connectivity index (χ1v) is 10.3. The molecule has 0 saturated heterocycles. The lowest BCUT2D eigenvalue weighted by Gasteiger charge is -2.19. The second-order valence-electron chi connectivity index (χ2n) is 7.55. The van der Waals surface area contributed by atoms with Crippen LogP contribution in [0.3, 0.4) is 0 Å². The molecule has 0 bridgehead atoms. The van der Waals surface area contributed by atoms with E-state index in [2.05, 4.69) is 10.7 Å². The number of aryl methyl sites for hydroxylation is 1. The Kier molecular flexibility index (Phi) is 5.87. The van der Waals surface area contributed by atoms with Gasteiger partial charge in [-0.05, 0) is 47.5 Å². The molecule has 8 nitrogen and oxygen atoms in total. The number of aromatic nitrogens is 2. The van der Waals surface area contributed by atoms with Crippen molar-refractivity contribution >= 4 is 28.4 Å². The molecule has 2 aromatic carbocycles. The number of hydrogen-bond acceptors (Lipinski definition) is 5. The molecule has 1 aromatic heterocycles. The fourth-order valence-corrected chi connectivity index (χ4v) is 3.71. The van der Waals surface area contributed by atoms with Crippen molar-refractivity contribution in [1.29, 1.82) is 0 Å². The number of carbonyl (C=O) groups excluding carboxylic acids is 1.